The molecule has 2 heterocycles. The Labute approximate surface area is 170 Å². The molecule has 1 aliphatic heterocycles. The minimum atomic E-state index is -0.284. The SMILES string of the molecule is CC1(c2ccccc2)C(c2ccccc2)=Nc2cc3c4c([nH]c3cc21)CCC=C4. The number of aryl methyl sites for hydroxylation is 1. The van der Waals surface area contributed by atoms with Crippen molar-refractivity contribution in [3.05, 3.63) is 107 Å². The van der Waals surface area contributed by atoms with Gasteiger partial charge in [0.05, 0.1) is 16.8 Å². The van der Waals surface area contributed by atoms with Crippen molar-refractivity contribution in [1.82, 2.24) is 4.98 Å². The van der Waals surface area contributed by atoms with Crippen molar-refractivity contribution in [2.45, 2.75) is 25.2 Å². The van der Waals surface area contributed by atoms with Crippen molar-refractivity contribution < 1.29 is 0 Å². The molecule has 140 valence electrons. The van der Waals surface area contributed by atoms with Gasteiger partial charge in [0.1, 0.15) is 0 Å². The van der Waals surface area contributed by atoms with Gasteiger partial charge in [0, 0.05) is 22.2 Å². The summed E-state index contributed by atoms with van der Waals surface area (Å²) in [4.78, 5) is 8.90. The van der Waals surface area contributed by atoms with E-state index in [2.05, 4.69) is 96.9 Å². The number of allylic oxidation sites excluding steroid dienone is 1. The molecule has 2 nitrogen and oxygen atoms in total. The van der Waals surface area contributed by atoms with Crippen molar-refractivity contribution in [2.75, 3.05) is 0 Å². The van der Waals surface area contributed by atoms with Crippen molar-refractivity contribution in [1.29, 1.82) is 0 Å². The van der Waals surface area contributed by atoms with Gasteiger partial charge >= 0.3 is 0 Å². The summed E-state index contributed by atoms with van der Waals surface area (Å²) < 4.78 is 0. The summed E-state index contributed by atoms with van der Waals surface area (Å²) in [6.07, 6.45) is 6.73. The van der Waals surface area contributed by atoms with Crippen LogP contribution in [0.5, 0.6) is 0 Å². The smallest absolute Gasteiger partial charge is 0.0686 e. The molecule has 1 aliphatic carbocycles. The minimum absolute atomic E-state index is 0.284. The molecule has 0 bridgehead atoms. The van der Waals surface area contributed by atoms with Crippen LogP contribution in [0.2, 0.25) is 0 Å². The number of hydrogen-bond donors (Lipinski definition) is 1. The summed E-state index contributed by atoms with van der Waals surface area (Å²) in [5, 5.41) is 1.28. The molecule has 29 heavy (non-hydrogen) atoms. The van der Waals surface area contributed by atoms with Crippen molar-refractivity contribution in [3.63, 3.8) is 0 Å². The first-order valence-electron chi connectivity index (χ1n) is 10.3. The highest BCUT2D eigenvalue weighted by atomic mass is 14.8. The summed E-state index contributed by atoms with van der Waals surface area (Å²) in [6, 6.07) is 26.0. The molecule has 4 aromatic rings. The molecule has 0 fully saturated rings. The van der Waals surface area contributed by atoms with Gasteiger partial charge < -0.3 is 4.98 Å². The summed E-state index contributed by atoms with van der Waals surface area (Å²) >= 11 is 0. The standard InChI is InChI=1S/C27H22N2/c1-27(19-12-6-3-7-13-19)22-17-24-21(20-14-8-9-15-23(20)28-24)16-25(22)29-26(27)18-10-4-2-5-11-18/h2-8,10-14,16-17,28H,9,15H2,1H3. The van der Waals surface area contributed by atoms with E-state index in [-0.39, 0.29) is 5.41 Å². The van der Waals surface area contributed by atoms with Gasteiger partial charge in [0.25, 0.3) is 0 Å². The predicted octanol–water partition coefficient (Wildman–Crippen LogP) is 6.57. The van der Waals surface area contributed by atoms with Crippen LogP contribution >= 0.6 is 0 Å². The Morgan fingerprint density at radius 3 is 2.48 bits per heavy atom. The normalized spacial score (nSPS) is 19.8. The molecule has 1 unspecified atom stereocenters. The molecule has 0 amide bonds. The predicted molar refractivity (Wildman–Crippen MR) is 121 cm³/mol. The number of rotatable bonds is 2. The average molecular weight is 374 g/mol. The van der Waals surface area contributed by atoms with E-state index >= 15 is 0 Å². The van der Waals surface area contributed by atoms with Gasteiger partial charge in [0.2, 0.25) is 0 Å². The van der Waals surface area contributed by atoms with Gasteiger partial charge in [-0.25, -0.2) is 0 Å². The number of aromatic amines is 1. The van der Waals surface area contributed by atoms with Crippen LogP contribution in [0.25, 0.3) is 17.0 Å². The Balaban J connectivity index is 1.65. The Morgan fingerprint density at radius 2 is 1.69 bits per heavy atom. The van der Waals surface area contributed by atoms with E-state index in [1.165, 1.54) is 38.9 Å². The minimum Gasteiger partial charge on any atom is -0.358 e. The van der Waals surface area contributed by atoms with E-state index in [1.54, 1.807) is 0 Å². The second-order valence-corrected chi connectivity index (χ2v) is 8.19. The maximum Gasteiger partial charge on any atom is 0.0686 e. The van der Waals surface area contributed by atoms with E-state index in [0.29, 0.717) is 0 Å². The monoisotopic (exact) mass is 374 g/mol. The van der Waals surface area contributed by atoms with E-state index in [0.717, 1.165) is 24.2 Å². The molecule has 2 heteroatoms. The van der Waals surface area contributed by atoms with Crippen LogP contribution in [-0.4, -0.2) is 10.7 Å². The highest BCUT2D eigenvalue weighted by molar-refractivity contribution is 6.15. The molecule has 1 aromatic heterocycles. The second-order valence-electron chi connectivity index (χ2n) is 8.19. The van der Waals surface area contributed by atoms with Gasteiger partial charge in [-0.15, -0.1) is 0 Å². The molecule has 0 spiro atoms. The lowest BCUT2D eigenvalue weighted by atomic mass is 9.71. The Bertz CT molecular complexity index is 1290. The fourth-order valence-electron chi connectivity index (χ4n) is 4.99. The number of fused-ring (bicyclic) bond motifs is 4. The van der Waals surface area contributed by atoms with Crippen LogP contribution in [-0.2, 0) is 11.8 Å². The molecule has 6 rings (SSSR count). The third-order valence-corrected chi connectivity index (χ3v) is 6.53. The van der Waals surface area contributed by atoms with E-state index in [9.17, 15) is 0 Å². The molecule has 0 saturated carbocycles. The van der Waals surface area contributed by atoms with E-state index in [4.69, 9.17) is 4.99 Å². The third-order valence-electron chi connectivity index (χ3n) is 6.53. The quantitative estimate of drug-likeness (QED) is 0.411. The van der Waals surface area contributed by atoms with Crippen LogP contribution in [0.4, 0.5) is 5.69 Å². The molecule has 2 aliphatic rings. The molecule has 0 radical (unpaired) electrons. The first kappa shape index (κ1) is 16.6. The lowest BCUT2D eigenvalue weighted by Crippen LogP contribution is -2.31. The van der Waals surface area contributed by atoms with Gasteiger partial charge in [-0.2, -0.15) is 0 Å². The number of aliphatic imine (C=N–C) groups is 1. The van der Waals surface area contributed by atoms with Gasteiger partial charge in [-0.05, 0) is 48.6 Å². The Kier molecular flexibility index (Phi) is 3.45. The number of hydrogen-bond acceptors (Lipinski definition) is 1. The number of benzene rings is 3. The highest BCUT2D eigenvalue weighted by Gasteiger charge is 2.42. The average Bonchev–Trinajstić information content (AvgIpc) is 3.29. The molecule has 1 N–H and O–H groups in total. The second kappa shape index (κ2) is 6.05. The largest absolute Gasteiger partial charge is 0.358 e. The lowest BCUT2D eigenvalue weighted by molar-refractivity contribution is 0.795. The highest BCUT2D eigenvalue weighted by Crippen LogP contribution is 2.48. The summed E-state index contributed by atoms with van der Waals surface area (Å²) in [5.74, 6) is 0. The maximum absolute atomic E-state index is 5.21. The first-order chi connectivity index (χ1) is 14.2. The van der Waals surface area contributed by atoms with Crippen LogP contribution in [0.3, 0.4) is 0 Å². The van der Waals surface area contributed by atoms with E-state index in [1.807, 2.05) is 0 Å². The zero-order chi connectivity index (χ0) is 19.4. The number of nitrogens with zero attached hydrogens (tertiary/aromatic N) is 1. The maximum atomic E-state index is 5.21. The molecular formula is C27H22N2. The van der Waals surface area contributed by atoms with Crippen LogP contribution < -0.4 is 0 Å². The molecular weight excluding hydrogens is 352 g/mol. The number of H-pyrrole nitrogens is 1. The van der Waals surface area contributed by atoms with E-state index < -0.39 is 0 Å². The number of aromatic nitrogens is 1. The van der Waals surface area contributed by atoms with Crippen LogP contribution in [0.15, 0.2) is 83.9 Å². The van der Waals surface area contributed by atoms with Gasteiger partial charge in [0.15, 0.2) is 0 Å². The van der Waals surface area contributed by atoms with Gasteiger partial charge in [-0.3, -0.25) is 4.99 Å². The summed E-state index contributed by atoms with van der Waals surface area (Å²) in [6.45, 7) is 2.31. The summed E-state index contributed by atoms with van der Waals surface area (Å²) in [7, 11) is 0. The van der Waals surface area contributed by atoms with Crippen molar-refractivity contribution in [3.8, 4) is 0 Å². The zero-order valence-electron chi connectivity index (χ0n) is 16.4. The Hall–Kier alpha value is -3.39. The first-order valence-corrected chi connectivity index (χ1v) is 10.3. The van der Waals surface area contributed by atoms with Crippen LogP contribution in [0.1, 0.15) is 41.3 Å². The topological polar surface area (TPSA) is 28.1 Å². The zero-order valence-corrected chi connectivity index (χ0v) is 16.4. The number of nitrogens with one attached hydrogen (secondary N) is 1. The lowest BCUT2D eigenvalue weighted by Gasteiger charge is -2.29. The molecule has 3 aromatic carbocycles. The van der Waals surface area contributed by atoms with Gasteiger partial charge in [-0.1, -0.05) is 72.8 Å². The third kappa shape index (κ3) is 2.32. The fourth-order valence-corrected chi connectivity index (χ4v) is 4.99. The fraction of sp³-hybridized carbons (Fsp3) is 0.148. The van der Waals surface area contributed by atoms with Crippen LogP contribution in [0, 0.1) is 0 Å². The summed E-state index contributed by atoms with van der Waals surface area (Å²) in [5.41, 5.74) is 9.55. The molecule has 0 saturated heterocycles. The van der Waals surface area contributed by atoms with Crippen molar-refractivity contribution in [2.24, 2.45) is 4.99 Å². The van der Waals surface area contributed by atoms with Crippen molar-refractivity contribution >= 4 is 28.4 Å². The Morgan fingerprint density at radius 1 is 0.931 bits per heavy atom. The molecule has 1 atom stereocenters.